The molecule has 0 saturated carbocycles. The molecule has 1 aromatic carbocycles. The topological polar surface area (TPSA) is 52.0 Å². The zero-order chi connectivity index (χ0) is 13.8. The predicted octanol–water partition coefficient (Wildman–Crippen LogP) is 1.64. The standard InChI is InChI=1S/C14H20N4O/c1-10-5-6-11(7-13(10)19-4)12(15-2)8-14-16-9-17-18(14)3/h5-7,9,12,15H,8H2,1-4H3. The molecule has 1 heterocycles. The van der Waals surface area contributed by atoms with Gasteiger partial charge in [-0.25, -0.2) is 4.98 Å². The molecule has 1 unspecified atom stereocenters. The lowest BCUT2D eigenvalue weighted by Crippen LogP contribution is -2.20. The lowest BCUT2D eigenvalue weighted by atomic mass is 10.0. The number of aryl methyl sites for hydroxylation is 2. The lowest BCUT2D eigenvalue weighted by Gasteiger charge is -2.17. The van der Waals surface area contributed by atoms with E-state index in [0.717, 1.165) is 23.6 Å². The van der Waals surface area contributed by atoms with Crippen molar-refractivity contribution in [3.05, 3.63) is 41.5 Å². The number of methoxy groups -OCH3 is 1. The first-order chi connectivity index (χ1) is 9.15. The van der Waals surface area contributed by atoms with Crippen LogP contribution >= 0.6 is 0 Å². The fourth-order valence-corrected chi connectivity index (χ4v) is 2.13. The second kappa shape index (κ2) is 5.84. The van der Waals surface area contributed by atoms with Crippen LogP contribution in [-0.2, 0) is 13.5 Å². The SMILES string of the molecule is CNC(Cc1ncnn1C)c1ccc(C)c(OC)c1. The van der Waals surface area contributed by atoms with E-state index < -0.39 is 0 Å². The van der Waals surface area contributed by atoms with E-state index in [2.05, 4.69) is 33.6 Å². The Hall–Kier alpha value is -1.88. The summed E-state index contributed by atoms with van der Waals surface area (Å²) in [6.45, 7) is 2.04. The molecule has 2 aromatic rings. The van der Waals surface area contributed by atoms with Crippen LogP contribution in [0.2, 0.25) is 0 Å². The highest BCUT2D eigenvalue weighted by Crippen LogP contribution is 2.24. The van der Waals surface area contributed by atoms with Gasteiger partial charge in [0.1, 0.15) is 17.9 Å². The van der Waals surface area contributed by atoms with Gasteiger partial charge in [0.25, 0.3) is 0 Å². The fraction of sp³-hybridized carbons (Fsp3) is 0.429. The van der Waals surface area contributed by atoms with Gasteiger partial charge in [0.05, 0.1) is 7.11 Å². The number of nitrogens with one attached hydrogen (secondary N) is 1. The maximum absolute atomic E-state index is 5.38. The summed E-state index contributed by atoms with van der Waals surface area (Å²) >= 11 is 0. The van der Waals surface area contributed by atoms with Gasteiger partial charge >= 0.3 is 0 Å². The Balaban J connectivity index is 2.24. The Kier molecular flexibility index (Phi) is 4.16. The second-order valence-corrected chi connectivity index (χ2v) is 4.57. The van der Waals surface area contributed by atoms with Gasteiger partial charge < -0.3 is 10.1 Å². The molecule has 0 bridgehead atoms. The first-order valence-corrected chi connectivity index (χ1v) is 6.30. The summed E-state index contributed by atoms with van der Waals surface area (Å²) in [6, 6.07) is 6.47. The lowest BCUT2D eigenvalue weighted by molar-refractivity contribution is 0.410. The van der Waals surface area contributed by atoms with Crippen molar-refractivity contribution in [1.82, 2.24) is 20.1 Å². The summed E-state index contributed by atoms with van der Waals surface area (Å²) in [7, 11) is 5.56. The van der Waals surface area contributed by atoms with E-state index in [1.165, 1.54) is 5.56 Å². The molecule has 19 heavy (non-hydrogen) atoms. The van der Waals surface area contributed by atoms with E-state index in [4.69, 9.17) is 4.74 Å². The molecular formula is C14H20N4O. The highest BCUT2D eigenvalue weighted by Gasteiger charge is 2.14. The molecule has 5 nitrogen and oxygen atoms in total. The smallest absolute Gasteiger partial charge is 0.138 e. The minimum Gasteiger partial charge on any atom is -0.496 e. The first-order valence-electron chi connectivity index (χ1n) is 6.30. The van der Waals surface area contributed by atoms with Crippen LogP contribution in [0, 0.1) is 6.92 Å². The van der Waals surface area contributed by atoms with Crippen LogP contribution in [0.25, 0.3) is 0 Å². The number of hydrogen-bond acceptors (Lipinski definition) is 4. The second-order valence-electron chi connectivity index (χ2n) is 4.57. The Labute approximate surface area is 113 Å². The normalized spacial score (nSPS) is 12.4. The van der Waals surface area contributed by atoms with E-state index in [0.29, 0.717) is 0 Å². The quantitative estimate of drug-likeness (QED) is 0.888. The van der Waals surface area contributed by atoms with Gasteiger partial charge in [-0.15, -0.1) is 0 Å². The number of likely N-dealkylation sites (N-methyl/N-ethyl adjacent to an activating group) is 1. The predicted molar refractivity (Wildman–Crippen MR) is 74.2 cm³/mol. The first kappa shape index (κ1) is 13.5. The van der Waals surface area contributed by atoms with Crippen LogP contribution in [0.3, 0.4) is 0 Å². The van der Waals surface area contributed by atoms with Gasteiger partial charge in [0.2, 0.25) is 0 Å². The van der Waals surface area contributed by atoms with E-state index in [9.17, 15) is 0 Å². The summed E-state index contributed by atoms with van der Waals surface area (Å²) in [4.78, 5) is 4.27. The average Bonchev–Trinajstić information content (AvgIpc) is 2.82. The summed E-state index contributed by atoms with van der Waals surface area (Å²) < 4.78 is 7.18. The van der Waals surface area contributed by atoms with Gasteiger partial charge in [-0.1, -0.05) is 12.1 Å². The van der Waals surface area contributed by atoms with Crippen molar-refractivity contribution in [3.63, 3.8) is 0 Å². The number of rotatable bonds is 5. The molecule has 2 rings (SSSR count). The Morgan fingerprint density at radius 1 is 1.42 bits per heavy atom. The fourth-order valence-electron chi connectivity index (χ4n) is 2.13. The van der Waals surface area contributed by atoms with Gasteiger partial charge in [0, 0.05) is 19.5 Å². The van der Waals surface area contributed by atoms with Gasteiger partial charge in [0.15, 0.2) is 0 Å². The molecule has 5 heteroatoms. The van der Waals surface area contributed by atoms with Crippen LogP contribution in [0.4, 0.5) is 0 Å². The average molecular weight is 260 g/mol. The van der Waals surface area contributed by atoms with Crippen LogP contribution < -0.4 is 10.1 Å². The van der Waals surface area contributed by atoms with Crippen LogP contribution in [0.5, 0.6) is 5.75 Å². The van der Waals surface area contributed by atoms with E-state index >= 15 is 0 Å². The maximum atomic E-state index is 5.38. The third-order valence-corrected chi connectivity index (χ3v) is 3.37. The third-order valence-electron chi connectivity index (χ3n) is 3.37. The molecule has 1 aromatic heterocycles. The molecule has 102 valence electrons. The van der Waals surface area contributed by atoms with E-state index in [1.807, 2.05) is 21.0 Å². The minimum atomic E-state index is 0.192. The number of benzene rings is 1. The highest BCUT2D eigenvalue weighted by atomic mass is 16.5. The van der Waals surface area contributed by atoms with Gasteiger partial charge in [-0.3, -0.25) is 4.68 Å². The number of nitrogens with zero attached hydrogens (tertiary/aromatic N) is 3. The van der Waals surface area contributed by atoms with Crippen LogP contribution in [0.15, 0.2) is 24.5 Å². The van der Waals surface area contributed by atoms with E-state index in [-0.39, 0.29) is 6.04 Å². The van der Waals surface area contributed by atoms with Crippen molar-refractivity contribution in [2.45, 2.75) is 19.4 Å². The molecule has 0 fully saturated rings. The summed E-state index contributed by atoms with van der Waals surface area (Å²) in [5.74, 6) is 1.87. The Bertz CT molecular complexity index is 550. The van der Waals surface area contributed by atoms with E-state index in [1.54, 1.807) is 18.1 Å². The summed E-state index contributed by atoms with van der Waals surface area (Å²) in [6.07, 6.45) is 2.37. The van der Waals surface area contributed by atoms with Crippen LogP contribution in [-0.4, -0.2) is 28.9 Å². The van der Waals surface area contributed by atoms with Gasteiger partial charge in [-0.2, -0.15) is 5.10 Å². The van der Waals surface area contributed by atoms with Crippen molar-refractivity contribution in [3.8, 4) is 5.75 Å². The molecule has 0 aliphatic carbocycles. The van der Waals surface area contributed by atoms with Crippen molar-refractivity contribution in [1.29, 1.82) is 0 Å². The zero-order valence-electron chi connectivity index (χ0n) is 11.8. The summed E-state index contributed by atoms with van der Waals surface area (Å²) in [5, 5.41) is 7.42. The summed E-state index contributed by atoms with van der Waals surface area (Å²) in [5.41, 5.74) is 2.33. The molecule has 0 radical (unpaired) electrons. The largest absolute Gasteiger partial charge is 0.496 e. The van der Waals surface area contributed by atoms with Crippen LogP contribution in [0.1, 0.15) is 23.0 Å². The number of aromatic nitrogens is 3. The molecule has 0 amide bonds. The molecule has 0 aliphatic rings. The molecule has 1 N–H and O–H groups in total. The molecule has 1 atom stereocenters. The third kappa shape index (κ3) is 2.93. The van der Waals surface area contributed by atoms with Crippen molar-refractivity contribution in [2.24, 2.45) is 7.05 Å². The highest BCUT2D eigenvalue weighted by molar-refractivity contribution is 5.38. The number of ether oxygens (including phenoxy) is 1. The van der Waals surface area contributed by atoms with Crippen molar-refractivity contribution in [2.75, 3.05) is 14.2 Å². The van der Waals surface area contributed by atoms with Crippen molar-refractivity contribution >= 4 is 0 Å². The Morgan fingerprint density at radius 2 is 2.21 bits per heavy atom. The molecule has 0 spiro atoms. The van der Waals surface area contributed by atoms with Gasteiger partial charge in [-0.05, 0) is 31.2 Å². The number of hydrogen-bond donors (Lipinski definition) is 1. The molecule has 0 saturated heterocycles. The Morgan fingerprint density at radius 3 is 2.79 bits per heavy atom. The maximum Gasteiger partial charge on any atom is 0.138 e. The minimum absolute atomic E-state index is 0.192. The zero-order valence-corrected chi connectivity index (χ0v) is 11.8. The molecular weight excluding hydrogens is 240 g/mol. The van der Waals surface area contributed by atoms with Crippen molar-refractivity contribution < 1.29 is 4.74 Å². The monoisotopic (exact) mass is 260 g/mol. The molecule has 0 aliphatic heterocycles.